The first-order valence-electron chi connectivity index (χ1n) is 6.81. The van der Waals surface area contributed by atoms with Crippen LogP contribution in [0.15, 0.2) is 41.3 Å². The molecule has 0 aromatic heterocycles. The molecule has 1 aliphatic rings. The second-order valence-electron chi connectivity index (χ2n) is 5.01. The number of fused-ring (bicyclic) bond motifs is 1. The van der Waals surface area contributed by atoms with E-state index in [1.807, 2.05) is 12.1 Å². The standard InChI is InChI=1S/C16H11ClF3NO2S/c1-23-14-10(16(18,19)20)6-9(7-11(14)17)15(22)21-8-24-13-5-3-2-4-12(13)21/h2-7H,8H2,1H3. The van der Waals surface area contributed by atoms with Crippen molar-refractivity contribution >= 4 is 35.0 Å². The molecule has 2 aromatic carbocycles. The molecule has 0 saturated heterocycles. The van der Waals surface area contributed by atoms with E-state index in [0.717, 1.165) is 18.1 Å². The maximum Gasteiger partial charge on any atom is 0.420 e. The fraction of sp³-hybridized carbons (Fsp3) is 0.188. The summed E-state index contributed by atoms with van der Waals surface area (Å²) >= 11 is 7.34. The highest BCUT2D eigenvalue weighted by Gasteiger charge is 2.37. The molecular weight excluding hydrogens is 363 g/mol. The Morgan fingerprint density at radius 1 is 1.29 bits per heavy atom. The third kappa shape index (κ3) is 2.93. The number of halogens is 4. The van der Waals surface area contributed by atoms with Gasteiger partial charge in [0.25, 0.3) is 5.91 Å². The molecule has 0 radical (unpaired) electrons. The van der Waals surface area contributed by atoms with Crippen LogP contribution >= 0.6 is 23.4 Å². The minimum absolute atomic E-state index is 0.134. The number of carbonyl (C=O) groups is 1. The number of anilines is 1. The molecule has 0 bridgehead atoms. The van der Waals surface area contributed by atoms with Crippen LogP contribution in [0.5, 0.6) is 5.75 Å². The Morgan fingerprint density at radius 2 is 2.00 bits per heavy atom. The van der Waals surface area contributed by atoms with Crippen LogP contribution in [-0.4, -0.2) is 18.9 Å². The Balaban J connectivity index is 2.04. The van der Waals surface area contributed by atoms with Crippen molar-refractivity contribution in [1.29, 1.82) is 0 Å². The number of thioether (sulfide) groups is 1. The average molecular weight is 374 g/mol. The molecule has 0 spiro atoms. The summed E-state index contributed by atoms with van der Waals surface area (Å²) in [6, 6.07) is 9.19. The minimum Gasteiger partial charge on any atom is -0.495 e. The third-order valence-electron chi connectivity index (χ3n) is 3.55. The second kappa shape index (κ2) is 6.22. The number of nitrogens with zero attached hydrogens (tertiary/aromatic N) is 1. The van der Waals surface area contributed by atoms with Gasteiger partial charge >= 0.3 is 6.18 Å². The van der Waals surface area contributed by atoms with Gasteiger partial charge in [-0.05, 0) is 24.3 Å². The number of amides is 1. The number of carbonyl (C=O) groups excluding carboxylic acids is 1. The first kappa shape index (κ1) is 17.0. The van der Waals surface area contributed by atoms with Gasteiger partial charge in [0.1, 0.15) is 5.75 Å². The molecule has 3 rings (SSSR count). The SMILES string of the molecule is COc1c(Cl)cc(C(=O)N2CSc3ccccc32)cc1C(F)(F)F. The van der Waals surface area contributed by atoms with Crippen LogP contribution in [0.2, 0.25) is 5.02 Å². The lowest BCUT2D eigenvalue weighted by Gasteiger charge is -2.19. The summed E-state index contributed by atoms with van der Waals surface area (Å²) in [4.78, 5) is 15.0. The van der Waals surface area contributed by atoms with E-state index >= 15 is 0 Å². The summed E-state index contributed by atoms with van der Waals surface area (Å²) in [7, 11) is 1.10. The van der Waals surface area contributed by atoms with Gasteiger partial charge in [-0.1, -0.05) is 23.7 Å². The molecule has 0 fully saturated rings. The average Bonchev–Trinajstić information content (AvgIpc) is 2.96. The van der Waals surface area contributed by atoms with Crippen LogP contribution in [0.1, 0.15) is 15.9 Å². The second-order valence-corrected chi connectivity index (χ2v) is 6.40. The number of ether oxygens (including phenoxy) is 1. The van der Waals surface area contributed by atoms with Gasteiger partial charge < -0.3 is 4.74 Å². The van der Waals surface area contributed by atoms with E-state index < -0.39 is 23.4 Å². The molecule has 1 aliphatic heterocycles. The molecule has 0 atom stereocenters. The zero-order valence-electron chi connectivity index (χ0n) is 12.4. The molecule has 0 aliphatic carbocycles. The third-order valence-corrected chi connectivity index (χ3v) is 4.87. The molecule has 0 saturated carbocycles. The summed E-state index contributed by atoms with van der Waals surface area (Å²) in [5.74, 6) is -0.692. The molecule has 0 N–H and O–H groups in total. The Labute approximate surface area is 145 Å². The summed E-state index contributed by atoms with van der Waals surface area (Å²) in [6.07, 6.45) is -4.68. The highest BCUT2D eigenvalue weighted by atomic mass is 35.5. The van der Waals surface area contributed by atoms with Gasteiger partial charge in [-0.2, -0.15) is 13.2 Å². The Hall–Kier alpha value is -1.86. The normalized spacial score (nSPS) is 13.8. The van der Waals surface area contributed by atoms with E-state index in [-0.39, 0.29) is 10.6 Å². The van der Waals surface area contributed by atoms with E-state index in [1.54, 1.807) is 12.1 Å². The van der Waals surface area contributed by atoms with Gasteiger partial charge in [-0.25, -0.2) is 0 Å². The van der Waals surface area contributed by atoms with Gasteiger partial charge in [0, 0.05) is 10.5 Å². The molecule has 2 aromatic rings. The summed E-state index contributed by atoms with van der Waals surface area (Å²) in [5, 5.41) is -0.254. The molecule has 24 heavy (non-hydrogen) atoms. The molecule has 1 amide bonds. The highest BCUT2D eigenvalue weighted by molar-refractivity contribution is 8.00. The Bertz CT molecular complexity index is 810. The van der Waals surface area contributed by atoms with E-state index in [2.05, 4.69) is 0 Å². The largest absolute Gasteiger partial charge is 0.495 e. The van der Waals surface area contributed by atoms with Crippen molar-refractivity contribution in [3.63, 3.8) is 0 Å². The number of rotatable bonds is 2. The van der Waals surface area contributed by atoms with Gasteiger partial charge in [0.2, 0.25) is 0 Å². The van der Waals surface area contributed by atoms with Crippen LogP contribution in [0.25, 0.3) is 0 Å². The first-order chi connectivity index (χ1) is 11.3. The van der Waals surface area contributed by atoms with Crippen molar-refractivity contribution in [2.24, 2.45) is 0 Å². The minimum atomic E-state index is -4.68. The maximum atomic E-state index is 13.2. The fourth-order valence-corrected chi connectivity index (χ4v) is 3.79. The van der Waals surface area contributed by atoms with Crippen molar-refractivity contribution < 1.29 is 22.7 Å². The number of benzene rings is 2. The van der Waals surface area contributed by atoms with Crippen LogP contribution in [-0.2, 0) is 6.18 Å². The van der Waals surface area contributed by atoms with Gasteiger partial charge in [-0.3, -0.25) is 9.69 Å². The molecule has 1 heterocycles. The zero-order valence-corrected chi connectivity index (χ0v) is 13.9. The fourth-order valence-electron chi connectivity index (χ4n) is 2.46. The lowest BCUT2D eigenvalue weighted by molar-refractivity contribution is -0.138. The molecule has 0 unspecified atom stereocenters. The lowest BCUT2D eigenvalue weighted by atomic mass is 10.1. The molecular formula is C16H11ClF3NO2S. The number of hydrogen-bond donors (Lipinski definition) is 0. The van der Waals surface area contributed by atoms with Crippen LogP contribution in [0.3, 0.4) is 0 Å². The Kier molecular flexibility index (Phi) is 4.40. The van der Waals surface area contributed by atoms with E-state index in [9.17, 15) is 18.0 Å². The Morgan fingerprint density at radius 3 is 2.67 bits per heavy atom. The van der Waals surface area contributed by atoms with Gasteiger partial charge in [-0.15, -0.1) is 11.8 Å². The zero-order chi connectivity index (χ0) is 17.5. The number of hydrogen-bond acceptors (Lipinski definition) is 3. The van der Waals surface area contributed by atoms with E-state index in [4.69, 9.17) is 16.3 Å². The maximum absolute atomic E-state index is 13.2. The lowest BCUT2D eigenvalue weighted by Crippen LogP contribution is -2.28. The quantitative estimate of drug-likeness (QED) is 0.735. The molecule has 126 valence electrons. The van der Waals surface area contributed by atoms with Crippen LogP contribution in [0, 0.1) is 0 Å². The smallest absolute Gasteiger partial charge is 0.420 e. The number of alkyl halides is 3. The van der Waals surface area contributed by atoms with Crippen LogP contribution < -0.4 is 9.64 Å². The topological polar surface area (TPSA) is 29.5 Å². The van der Waals surface area contributed by atoms with Crippen LogP contribution in [0.4, 0.5) is 18.9 Å². The summed E-state index contributed by atoms with van der Waals surface area (Å²) < 4.78 is 44.4. The highest BCUT2D eigenvalue weighted by Crippen LogP contribution is 2.43. The first-order valence-corrected chi connectivity index (χ1v) is 8.17. The monoisotopic (exact) mass is 373 g/mol. The van der Waals surface area contributed by atoms with E-state index in [1.165, 1.54) is 22.7 Å². The van der Waals surface area contributed by atoms with Crippen molar-refractivity contribution in [3.8, 4) is 5.75 Å². The number of methoxy groups -OCH3 is 1. The van der Waals surface area contributed by atoms with Crippen molar-refractivity contribution in [2.45, 2.75) is 11.1 Å². The van der Waals surface area contributed by atoms with Gasteiger partial charge in [0.15, 0.2) is 0 Å². The van der Waals surface area contributed by atoms with Crippen molar-refractivity contribution in [2.75, 3.05) is 17.9 Å². The summed E-state index contributed by atoms with van der Waals surface area (Å²) in [6.45, 7) is 0. The molecule has 8 heteroatoms. The van der Waals surface area contributed by atoms with E-state index in [0.29, 0.717) is 11.6 Å². The van der Waals surface area contributed by atoms with Crippen molar-refractivity contribution in [1.82, 2.24) is 0 Å². The predicted molar refractivity (Wildman–Crippen MR) is 87.0 cm³/mol. The predicted octanol–water partition coefficient (Wildman–Crippen LogP) is 5.08. The summed E-state index contributed by atoms with van der Waals surface area (Å²) in [5.41, 5.74) is -0.528. The number of para-hydroxylation sites is 1. The molecule has 3 nitrogen and oxygen atoms in total. The van der Waals surface area contributed by atoms with Crippen molar-refractivity contribution in [3.05, 3.63) is 52.5 Å². The van der Waals surface area contributed by atoms with Gasteiger partial charge in [0.05, 0.1) is 29.3 Å².